The molecule has 0 aliphatic carbocycles. The number of benzene rings is 1. The van der Waals surface area contributed by atoms with Gasteiger partial charge in [-0.25, -0.2) is 4.39 Å². The SMILES string of the molecule is C=CC(=C)/C=C(C(=O)N=O)\C(OC)=C1/CC=C(Cc2ccc(F)cc2)C=N1.CC. The molecule has 0 N–H and O–H groups in total. The molecule has 1 amide bonds. The molecule has 152 valence electrons. The largest absolute Gasteiger partial charge is 0.494 e. The minimum atomic E-state index is -0.973. The summed E-state index contributed by atoms with van der Waals surface area (Å²) in [6.07, 6.45) is 7.42. The molecule has 2 rings (SSSR count). The molecule has 1 aromatic rings. The Morgan fingerprint density at radius 1 is 1.31 bits per heavy atom. The number of carbonyl (C=O) groups is 1. The number of ether oxygens (including phenoxy) is 1. The van der Waals surface area contributed by atoms with Crippen molar-refractivity contribution in [1.82, 2.24) is 0 Å². The van der Waals surface area contributed by atoms with Crippen molar-refractivity contribution in [3.05, 3.63) is 100 Å². The van der Waals surface area contributed by atoms with Gasteiger partial charge in [0.15, 0.2) is 5.76 Å². The molecule has 0 atom stereocenters. The van der Waals surface area contributed by atoms with Crippen LogP contribution in [0.3, 0.4) is 0 Å². The van der Waals surface area contributed by atoms with Crippen LogP contribution in [0.2, 0.25) is 0 Å². The Hall–Kier alpha value is -3.41. The van der Waals surface area contributed by atoms with Gasteiger partial charge in [-0.3, -0.25) is 9.79 Å². The molecule has 0 spiro atoms. The summed E-state index contributed by atoms with van der Waals surface area (Å²) in [5.74, 6) is -1.09. The number of rotatable bonds is 7. The third kappa shape index (κ3) is 6.92. The highest BCUT2D eigenvalue weighted by atomic mass is 19.1. The van der Waals surface area contributed by atoms with E-state index >= 15 is 0 Å². The van der Waals surface area contributed by atoms with Gasteiger partial charge in [0, 0.05) is 17.8 Å². The van der Waals surface area contributed by atoms with Gasteiger partial charge < -0.3 is 4.74 Å². The second kappa shape index (κ2) is 12.1. The van der Waals surface area contributed by atoms with Crippen LogP contribution in [0.25, 0.3) is 0 Å². The van der Waals surface area contributed by atoms with E-state index < -0.39 is 5.91 Å². The zero-order chi connectivity index (χ0) is 21.8. The van der Waals surface area contributed by atoms with E-state index in [1.807, 2.05) is 19.9 Å². The lowest BCUT2D eigenvalue weighted by atomic mass is 10.0. The van der Waals surface area contributed by atoms with Crippen molar-refractivity contribution in [3.8, 4) is 0 Å². The first-order valence-corrected chi connectivity index (χ1v) is 9.14. The summed E-state index contributed by atoms with van der Waals surface area (Å²) < 4.78 is 18.3. The lowest BCUT2D eigenvalue weighted by Gasteiger charge is -2.14. The maximum absolute atomic E-state index is 13.0. The van der Waals surface area contributed by atoms with Gasteiger partial charge in [-0.1, -0.05) is 51.3 Å². The van der Waals surface area contributed by atoms with Crippen molar-refractivity contribution in [2.75, 3.05) is 7.11 Å². The first kappa shape index (κ1) is 23.6. The molecule has 5 nitrogen and oxygen atoms in total. The number of halogens is 1. The van der Waals surface area contributed by atoms with E-state index in [-0.39, 0.29) is 17.1 Å². The highest BCUT2D eigenvalue weighted by Crippen LogP contribution is 2.25. The van der Waals surface area contributed by atoms with Crippen LogP contribution in [0.5, 0.6) is 0 Å². The summed E-state index contributed by atoms with van der Waals surface area (Å²) in [4.78, 5) is 27.0. The molecule has 0 saturated carbocycles. The second-order valence-electron chi connectivity index (χ2n) is 5.76. The van der Waals surface area contributed by atoms with Crippen molar-refractivity contribution < 1.29 is 13.9 Å². The maximum atomic E-state index is 13.0. The van der Waals surface area contributed by atoms with Gasteiger partial charge >= 0.3 is 5.91 Å². The van der Waals surface area contributed by atoms with Crippen LogP contribution < -0.4 is 0 Å². The fourth-order valence-corrected chi connectivity index (χ4v) is 2.50. The third-order valence-electron chi connectivity index (χ3n) is 3.88. The van der Waals surface area contributed by atoms with Crippen molar-refractivity contribution >= 4 is 12.1 Å². The monoisotopic (exact) mass is 396 g/mol. The number of aliphatic imine (C=N–C) groups is 1. The number of carbonyl (C=O) groups excluding carboxylic acids is 1. The fourth-order valence-electron chi connectivity index (χ4n) is 2.50. The van der Waals surface area contributed by atoms with Crippen LogP contribution >= 0.6 is 0 Å². The highest BCUT2D eigenvalue weighted by molar-refractivity contribution is 5.98. The van der Waals surface area contributed by atoms with Gasteiger partial charge in [0.1, 0.15) is 5.82 Å². The number of nitroso groups, excluding NO2 is 1. The minimum absolute atomic E-state index is 0.0278. The van der Waals surface area contributed by atoms with Gasteiger partial charge in [-0.05, 0) is 41.3 Å². The van der Waals surface area contributed by atoms with E-state index in [0.29, 0.717) is 24.1 Å². The molecule has 1 aromatic carbocycles. The average molecular weight is 396 g/mol. The molecule has 1 aliphatic heterocycles. The van der Waals surface area contributed by atoms with Gasteiger partial charge in [0.2, 0.25) is 0 Å². The number of nitrogens with zero attached hydrogens (tertiary/aromatic N) is 2. The molecule has 0 bridgehead atoms. The van der Waals surface area contributed by atoms with Gasteiger partial charge in [-0.2, -0.15) is 0 Å². The Balaban J connectivity index is 0.00000204. The first-order valence-electron chi connectivity index (χ1n) is 9.14. The molecule has 1 aliphatic rings. The van der Waals surface area contributed by atoms with Crippen LogP contribution in [0.1, 0.15) is 25.8 Å². The van der Waals surface area contributed by atoms with E-state index in [0.717, 1.165) is 11.1 Å². The van der Waals surface area contributed by atoms with E-state index in [1.54, 1.807) is 18.3 Å². The third-order valence-corrected chi connectivity index (χ3v) is 3.88. The summed E-state index contributed by atoms with van der Waals surface area (Å²) >= 11 is 0. The lowest BCUT2D eigenvalue weighted by molar-refractivity contribution is -0.114. The van der Waals surface area contributed by atoms with E-state index in [4.69, 9.17) is 4.74 Å². The van der Waals surface area contributed by atoms with E-state index in [2.05, 4.69) is 23.3 Å². The molecule has 0 saturated heterocycles. The normalized spacial score (nSPS) is 14.8. The summed E-state index contributed by atoms with van der Waals surface area (Å²) in [5, 5.41) is 2.47. The summed E-state index contributed by atoms with van der Waals surface area (Å²) in [5.41, 5.74) is 2.79. The Labute approximate surface area is 170 Å². The summed E-state index contributed by atoms with van der Waals surface area (Å²) in [7, 11) is 1.39. The Kier molecular flexibility index (Phi) is 9.88. The second-order valence-corrected chi connectivity index (χ2v) is 5.76. The van der Waals surface area contributed by atoms with Crippen LogP contribution in [0.4, 0.5) is 4.39 Å². The number of allylic oxidation sites excluding steroid dienone is 5. The van der Waals surface area contributed by atoms with E-state index in [9.17, 15) is 14.1 Å². The highest BCUT2D eigenvalue weighted by Gasteiger charge is 2.21. The molecular weight excluding hydrogens is 371 g/mol. The smallest absolute Gasteiger partial charge is 0.320 e. The van der Waals surface area contributed by atoms with Crippen LogP contribution in [0.15, 0.2) is 94.0 Å². The molecule has 1 heterocycles. The van der Waals surface area contributed by atoms with Crippen molar-refractivity contribution in [3.63, 3.8) is 0 Å². The summed E-state index contributed by atoms with van der Waals surface area (Å²) in [6, 6.07) is 6.25. The van der Waals surface area contributed by atoms with Crippen LogP contribution in [-0.2, 0) is 16.0 Å². The van der Waals surface area contributed by atoms with Gasteiger partial charge in [0.25, 0.3) is 0 Å². The molecule has 6 heteroatoms. The van der Waals surface area contributed by atoms with Crippen LogP contribution in [-0.4, -0.2) is 19.2 Å². The standard InChI is InChI=1S/C21H19FN2O3.C2H6/c1-4-14(2)11-18(21(25)24-26)20(27-3)19-10-7-16(13-23-19)12-15-5-8-17(22)9-6-15;1-2/h4-9,11,13H,1-2,10,12H2,3H3;1-2H3/b18-11+,20-19-;. The topological polar surface area (TPSA) is 68.1 Å². The zero-order valence-corrected chi connectivity index (χ0v) is 16.9. The number of hydrogen-bond acceptors (Lipinski definition) is 4. The predicted molar refractivity (Wildman–Crippen MR) is 115 cm³/mol. The van der Waals surface area contributed by atoms with Crippen molar-refractivity contribution in [1.29, 1.82) is 0 Å². The Morgan fingerprint density at radius 3 is 2.45 bits per heavy atom. The van der Waals surface area contributed by atoms with Gasteiger partial charge in [-0.15, -0.1) is 4.91 Å². The summed E-state index contributed by atoms with van der Waals surface area (Å²) in [6.45, 7) is 11.3. The van der Waals surface area contributed by atoms with Gasteiger partial charge in [0.05, 0.1) is 18.4 Å². The molecule has 0 aromatic heterocycles. The Morgan fingerprint density at radius 2 is 1.97 bits per heavy atom. The lowest BCUT2D eigenvalue weighted by Crippen LogP contribution is -2.08. The van der Waals surface area contributed by atoms with Crippen LogP contribution in [0, 0.1) is 10.7 Å². The molecule has 0 fully saturated rings. The molecule has 29 heavy (non-hydrogen) atoms. The van der Waals surface area contributed by atoms with E-state index in [1.165, 1.54) is 31.4 Å². The van der Waals surface area contributed by atoms with Crippen molar-refractivity contribution in [2.24, 2.45) is 10.2 Å². The first-order chi connectivity index (χ1) is 14.0. The molecule has 0 unspecified atom stereocenters. The van der Waals surface area contributed by atoms with Crippen molar-refractivity contribution in [2.45, 2.75) is 26.7 Å². The minimum Gasteiger partial charge on any atom is -0.494 e. The fraction of sp³-hybridized carbons (Fsp3) is 0.217. The number of dihydropyridines is 1. The molecular formula is C23H25FN2O3. The molecule has 0 radical (unpaired) electrons. The number of amides is 1. The Bertz CT molecular complexity index is 891. The quantitative estimate of drug-likeness (QED) is 0.260. The number of hydrogen-bond donors (Lipinski definition) is 0. The maximum Gasteiger partial charge on any atom is 0.320 e. The average Bonchev–Trinajstić information content (AvgIpc) is 2.76. The zero-order valence-electron chi connectivity index (χ0n) is 16.9. The predicted octanol–water partition coefficient (Wildman–Crippen LogP) is 5.61. The number of methoxy groups -OCH3 is 1.